The van der Waals surface area contributed by atoms with E-state index in [4.69, 9.17) is 4.74 Å². The third-order valence-corrected chi connectivity index (χ3v) is 3.73. The molecular weight excluding hydrogens is 323 g/mol. The van der Waals surface area contributed by atoms with Crippen LogP contribution in [0.3, 0.4) is 0 Å². The number of halogens is 1. The average molecular weight is 344 g/mol. The van der Waals surface area contributed by atoms with Crippen molar-refractivity contribution in [3.63, 3.8) is 0 Å². The van der Waals surface area contributed by atoms with Crippen LogP contribution in [0.2, 0.25) is 0 Å². The molecule has 1 N–H and O–H groups in total. The largest absolute Gasteiger partial charge is 0.444 e. The molecule has 2 aromatic rings. The van der Waals surface area contributed by atoms with Gasteiger partial charge in [0.15, 0.2) is 0 Å². The van der Waals surface area contributed by atoms with Crippen molar-refractivity contribution < 1.29 is 13.9 Å². The molecule has 3 heterocycles. The molecule has 0 spiro atoms. The van der Waals surface area contributed by atoms with Crippen molar-refractivity contribution in [2.24, 2.45) is 0 Å². The van der Waals surface area contributed by atoms with E-state index in [1.54, 1.807) is 23.2 Å². The summed E-state index contributed by atoms with van der Waals surface area (Å²) in [4.78, 5) is 22.0. The molecule has 0 atom stereocenters. The van der Waals surface area contributed by atoms with Crippen LogP contribution in [0.1, 0.15) is 32.0 Å². The summed E-state index contributed by atoms with van der Waals surface area (Å²) in [6, 6.07) is 5.14. The van der Waals surface area contributed by atoms with Gasteiger partial charge in [-0.25, -0.2) is 9.78 Å². The summed E-state index contributed by atoms with van der Waals surface area (Å²) in [7, 11) is 0. The van der Waals surface area contributed by atoms with Crippen LogP contribution < -0.4 is 5.32 Å². The Morgan fingerprint density at radius 2 is 2.16 bits per heavy atom. The Morgan fingerprint density at radius 1 is 1.36 bits per heavy atom. The molecule has 0 bridgehead atoms. The predicted octanol–water partition coefficient (Wildman–Crippen LogP) is 3.65. The Morgan fingerprint density at radius 3 is 2.88 bits per heavy atom. The number of ether oxygens (including phenoxy) is 1. The van der Waals surface area contributed by atoms with E-state index in [0.29, 0.717) is 25.2 Å². The van der Waals surface area contributed by atoms with Crippen LogP contribution in [0.4, 0.5) is 20.6 Å². The van der Waals surface area contributed by atoms with Gasteiger partial charge in [0.2, 0.25) is 5.95 Å². The predicted molar refractivity (Wildman–Crippen MR) is 92.1 cm³/mol. The van der Waals surface area contributed by atoms with Crippen LogP contribution in [0.15, 0.2) is 30.6 Å². The molecule has 1 amide bonds. The third kappa shape index (κ3) is 4.23. The molecule has 0 saturated carbocycles. The van der Waals surface area contributed by atoms with E-state index >= 15 is 0 Å². The number of nitrogens with zero attached hydrogens (tertiary/aromatic N) is 3. The first-order valence-electron chi connectivity index (χ1n) is 8.15. The number of hydrogen-bond donors (Lipinski definition) is 1. The summed E-state index contributed by atoms with van der Waals surface area (Å²) < 4.78 is 19.1. The van der Waals surface area contributed by atoms with Gasteiger partial charge in [-0.05, 0) is 44.5 Å². The second-order valence-electron chi connectivity index (χ2n) is 6.95. The number of carbonyl (C=O) groups is 1. The summed E-state index contributed by atoms with van der Waals surface area (Å²) in [6.07, 6.45) is 3.38. The molecule has 6 nitrogen and oxygen atoms in total. The second kappa shape index (κ2) is 6.66. The minimum Gasteiger partial charge on any atom is -0.444 e. The quantitative estimate of drug-likeness (QED) is 0.842. The summed E-state index contributed by atoms with van der Waals surface area (Å²) >= 11 is 0. The average Bonchev–Trinajstić information content (AvgIpc) is 2.55. The highest BCUT2D eigenvalue weighted by Crippen LogP contribution is 2.24. The molecule has 0 saturated heterocycles. The molecule has 3 rings (SSSR count). The van der Waals surface area contributed by atoms with Crippen molar-refractivity contribution in [3.8, 4) is 0 Å². The van der Waals surface area contributed by atoms with Gasteiger partial charge in [-0.15, -0.1) is 0 Å². The lowest BCUT2D eigenvalue weighted by atomic mass is 10.1. The molecular formula is C18H21FN4O2. The van der Waals surface area contributed by atoms with Crippen LogP contribution >= 0.6 is 0 Å². The van der Waals surface area contributed by atoms with Crippen molar-refractivity contribution in [2.75, 3.05) is 11.9 Å². The Balaban J connectivity index is 1.75. The number of rotatable bonds is 2. The van der Waals surface area contributed by atoms with Crippen molar-refractivity contribution in [3.05, 3.63) is 47.8 Å². The van der Waals surface area contributed by atoms with Gasteiger partial charge in [0, 0.05) is 24.9 Å². The van der Waals surface area contributed by atoms with Gasteiger partial charge < -0.3 is 15.0 Å². The maximum Gasteiger partial charge on any atom is 0.410 e. The zero-order chi connectivity index (χ0) is 18.0. The molecule has 2 aromatic heterocycles. The smallest absolute Gasteiger partial charge is 0.410 e. The molecule has 25 heavy (non-hydrogen) atoms. The molecule has 0 unspecified atom stereocenters. The summed E-state index contributed by atoms with van der Waals surface area (Å²) in [5.41, 5.74) is 2.26. The van der Waals surface area contributed by atoms with E-state index in [-0.39, 0.29) is 11.8 Å². The number of nitrogens with one attached hydrogen (secondary N) is 1. The second-order valence-corrected chi connectivity index (χ2v) is 6.95. The van der Waals surface area contributed by atoms with E-state index in [1.807, 2.05) is 26.8 Å². The SMILES string of the molecule is CC(C)(C)OC(=O)N1CCc2ncc(Nc3cccnc3F)cc2C1. The minimum atomic E-state index is -0.574. The Kier molecular flexibility index (Phi) is 4.57. The van der Waals surface area contributed by atoms with E-state index < -0.39 is 11.5 Å². The standard InChI is InChI=1S/C18H21FN4O2/c1-18(2,3)25-17(24)23-8-6-14-12(11-23)9-13(10-21-14)22-15-5-4-7-20-16(15)19/h4-5,7,9-10,22H,6,8,11H2,1-3H3. The molecule has 0 aliphatic carbocycles. The fourth-order valence-electron chi connectivity index (χ4n) is 2.61. The van der Waals surface area contributed by atoms with Gasteiger partial charge in [0.1, 0.15) is 5.60 Å². The van der Waals surface area contributed by atoms with Crippen LogP contribution in [-0.2, 0) is 17.7 Å². The first-order valence-corrected chi connectivity index (χ1v) is 8.15. The van der Waals surface area contributed by atoms with Crippen molar-refractivity contribution >= 4 is 17.5 Å². The maximum atomic E-state index is 13.7. The fraction of sp³-hybridized carbons (Fsp3) is 0.389. The summed E-state index contributed by atoms with van der Waals surface area (Å²) in [5, 5.41) is 2.97. The highest BCUT2D eigenvalue weighted by Gasteiger charge is 2.26. The van der Waals surface area contributed by atoms with E-state index in [2.05, 4.69) is 15.3 Å². The van der Waals surface area contributed by atoms with Crippen molar-refractivity contribution in [1.82, 2.24) is 14.9 Å². The van der Waals surface area contributed by atoms with Crippen LogP contribution in [0.5, 0.6) is 0 Å². The fourth-order valence-corrected chi connectivity index (χ4v) is 2.61. The van der Waals surface area contributed by atoms with Gasteiger partial charge in [-0.1, -0.05) is 0 Å². The Hall–Kier alpha value is -2.70. The summed E-state index contributed by atoms with van der Waals surface area (Å²) in [5.74, 6) is -0.574. The van der Waals surface area contributed by atoms with Gasteiger partial charge in [0.25, 0.3) is 0 Å². The molecule has 0 aromatic carbocycles. The summed E-state index contributed by atoms with van der Waals surface area (Å²) in [6.45, 7) is 6.51. The number of hydrogen-bond acceptors (Lipinski definition) is 5. The van der Waals surface area contributed by atoms with Gasteiger partial charge in [-0.2, -0.15) is 4.39 Å². The minimum absolute atomic E-state index is 0.282. The maximum absolute atomic E-state index is 13.7. The normalized spacial score (nSPS) is 14.0. The topological polar surface area (TPSA) is 67.3 Å². The first-order chi connectivity index (χ1) is 11.8. The Bertz CT molecular complexity index is 789. The van der Waals surface area contributed by atoms with E-state index in [1.165, 1.54) is 6.20 Å². The third-order valence-electron chi connectivity index (χ3n) is 3.73. The molecule has 0 radical (unpaired) electrons. The lowest BCUT2D eigenvalue weighted by molar-refractivity contribution is 0.0223. The molecule has 1 aliphatic rings. The van der Waals surface area contributed by atoms with Crippen LogP contribution in [-0.4, -0.2) is 33.1 Å². The number of carbonyl (C=O) groups excluding carboxylic acids is 1. The number of aromatic nitrogens is 2. The van der Waals surface area contributed by atoms with Crippen LogP contribution in [0, 0.1) is 5.95 Å². The lowest BCUT2D eigenvalue weighted by Gasteiger charge is -2.31. The molecule has 1 aliphatic heterocycles. The highest BCUT2D eigenvalue weighted by molar-refractivity contribution is 5.69. The number of fused-ring (bicyclic) bond motifs is 1. The van der Waals surface area contributed by atoms with E-state index in [0.717, 1.165) is 11.3 Å². The Labute approximate surface area is 146 Å². The van der Waals surface area contributed by atoms with Crippen molar-refractivity contribution in [2.45, 2.75) is 39.3 Å². The number of amides is 1. The monoisotopic (exact) mass is 344 g/mol. The van der Waals surface area contributed by atoms with Gasteiger partial charge in [-0.3, -0.25) is 4.98 Å². The van der Waals surface area contributed by atoms with Crippen LogP contribution in [0.25, 0.3) is 0 Å². The molecule has 7 heteroatoms. The number of anilines is 2. The molecule has 0 fully saturated rings. The van der Waals surface area contributed by atoms with Crippen molar-refractivity contribution in [1.29, 1.82) is 0 Å². The molecule has 132 valence electrons. The van der Waals surface area contributed by atoms with Gasteiger partial charge >= 0.3 is 6.09 Å². The van der Waals surface area contributed by atoms with E-state index in [9.17, 15) is 9.18 Å². The number of pyridine rings is 2. The zero-order valence-electron chi connectivity index (χ0n) is 14.5. The van der Waals surface area contributed by atoms with Gasteiger partial charge in [0.05, 0.1) is 24.1 Å². The zero-order valence-corrected chi connectivity index (χ0v) is 14.5. The first kappa shape index (κ1) is 17.1. The lowest BCUT2D eigenvalue weighted by Crippen LogP contribution is -2.40. The highest BCUT2D eigenvalue weighted by atomic mass is 19.1.